The Labute approximate surface area is 281 Å². The van der Waals surface area contributed by atoms with Crippen molar-refractivity contribution in [3.8, 4) is 44.5 Å². The molecule has 0 saturated heterocycles. The molecular formula is C46H33NO. The Hall–Kier alpha value is -5.99. The number of para-hydroxylation sites is 1. The number of hydrogen-bond acceptors (Lipinski definition) is 2. The lowest BCUT2D eigenvalue weighted by atomic mass is 9.82. The summed E-state index contributed by atoms with van der Waals surface area (Å²) in [6.07, 6.45) is 0. The van der Waals surface area contributed by atoms with Crippen molar-refractivity contribution in [3.05, 3.63) is 186 Å². The molecule has 0 saturated carbocycles. The Kier molecular flexibility index (Phi) is 6.35. The third-order valence-electron chi connectivity index (χ3n) is 10.2. The summed E-state index contributed by atoms with van der Waals surface area (Å²) in [4.78, 5) is 16.0. The van der Waals surface area contributed by atoms with Gasteiger partial charge in [-0.2, -0.15) is 0 Å². The highest BCUT2D eigenvalue weighted by atomic mass is 16.1. The fourth-order valence-electron chi connectivity index (χ4n) is 7.89. The molecule has 2 aliphatic rings. The molecule has 0 radical (unpaired) electrons. The number of carbonyl (C=O) groups is 1. The molecule has 0 amide bonds. The van der Waals surface area contributed by atoms with E-state index in [4.69, 9.17) is 0 Å². The van der Waals surface area contributed by atoms with Gasteiger partial charge in [0.1, 0.15) is 0 Å². The van der Waals surface area contributed by atoms with Gasteiger partial charge in [-0.15, -0.1) is 0 Å². The topological polar surface area (TPSA) is 20.3 Å². The van der Waals surface area contributed by atoms with Gasteiger partial charge in [-0.25, -0.2) is 0 Å². The van der Waals surface area contributed by atoms with Crippen LogP contribution in [-0.4, -0.2) is 5.78 Å². The maximum absolute atomic E-state index is 13.6. The number of ketones is 1. The summed E-state index contributed by atoms with van der Waals surface area (Å²) < 4.78 is 0. The summed E-state index contributed by atoms with van der Waals surface area (Å²) in [5.41, 5.74) is 16.4. The smallest absolute Gasteiger partial charge is 0.194 e. The molecule has 9 rings (SSSR count). The average Bonchev–Trinajstić information content (AvgIpc) is 3.56. The molecule has 0 fully saturated rings. The van der Waals surface area contributed by atoms with Crippen LogP contribution in [0.25, 0.3) is 44.5 Å². The second-order valence-corrected chi connectivity index (χ2v) is 13.3. The van der Waals surface area contributed by atoms with Crippen LogP contribution >= 0.6 is 0 Å². The Bertz CT molecular complexity index is 2380. The fourth-order valence-corrected chi connectivity index (χ4v) is 7.89. The minimum Gasteiger partial charge on any atom is -0.310 e. The lowest BCUT2D eigenvalue weighted by Gasteiger charge is -2.30. The summed E-state index contributed by atoms with van der Waals surface area (Å²) in [6, 6.07) is 57.8. The summed E-state index contributed by atoms with van der Waals surface area (Å²) in [5, 5.41) is 0. The van der Waals surface area contributed by atoms with Crippen molar-refractivity contribution >= 4 is 22.8 Å². The van der Waals surface area contributed by atoms with Crippen molar-refractivity contribution in [1.29, 1.82) is 0 Å². The van der Waals surface area contributed by atoms with Crippen LogP contribution in [0.3, 0.4) is 0 Å². The van der Waals surface area contributed by atoms with Crippen LogP contribution in [0.1, 0.15) is 40.9 Å². The van der Waals surface area contributed by atoms with Gasteiger partial charge in [0.2, 0.25) is 0 Å². The summed E-state index contributed by atoms with van der Waals surface area (Å²) >= 11 is 0. The lowest BCUT2D eigenvalue weighted by Crippen LogP contribution is -2.16. The van der Waals surface area contributed by atoms with Gasteiger partial charge in [0, 0.05) is 33.5 Å². The summed E-state index contributed by atoms with van der Waals surface area (Å²) in [5.74, 6) is 0.0976. The summed E-state index contributed by atoms with van der Waals surface area (Å²) in [7, 11) is 0. The first-order valence-electron chi connectivity index (χ1n) is 16.6. The molecule has 0 unspecified atom stereocenters. The number of fused-ring (bicyclic) bond motifs is 6. The first kappa shape index (κ1) is 28.3. The molecule has 0 atom stereocenters. The zero-order valence-corrected chi connectivity index (χ0v) is 26.9. The Morgan fingerprint density at radius 3 is 1.77 bits per heavy atom. The highest BCUT2D eigenvalue weighted by Gasteiger charge is 2.36. The molecule has 7 aromatic carbocycles. The van der Waals surface area contributed by atoms with E-state index in [2.05, 4.69) is 158 Å². The second kappa shape index (κ2) is 10.8. The number of hydrogen-bond donors (Lipinski definition) is 0. The van der Waals surface area contributed by atoms with E-state index >= 15 is 0 Å². The zero-order valence-electron chi connectivity index (χ0n) is 26.9. The molecule has 7 aromatic rings. The monoisotopic (exact) mass is 615 g/mol. The van der Waals surface area contributed by atoms with Crippen molar-refractivity contribution in [3.63, 3.8) is 0 Å². The van der Waals surface area contributed by atoms with Gasteiger partial charge in [0.05, 0.1) is 5.69 Å². The van der Waals surface area contributed by atoms with E-state index in [1.807, 2.05) is 24.3 Å². The minimum atomic E-state index is -0.117. The van der Waals surface area contributed by atoms with Crippen LogP contribution in [0.15, 0.2) is 164 Å². The molecule has 2 heteroatoms. The Morgan fingerprint density at radius 1 is 0.417 bits per heavy atom. The van der Waals surface area contributed by atoms with Crippen LogP contribution in [0.2, 0.25) is 0 Å². The average molecular weight is 616 g/mol. The van der Waals surface area contributed by atoms with E-state index in [1.54, 1.807) is 0 Å². The van der Waals surface area contributed by atoms with Crippen molar-refractivity contribution < 1.29 is 4.79 Å². The molecule has 2 aliphatic carbocycles. The molecule has 0 heterocycles. The van der Waals surface area contributed by atoms with Gasteiger partial charge in [-0.1, -0.05) is 147 Å². The first-order chi connectivity index (χ1) is 23.5. The zero-order chi connectivity index (χ0) is 32.4. The number of benzene rings is 7. The molecule has 0 spiro atoms. The van der Waals surface area contributed by atoms with Crippen molar-refractivity contribution in [2.75, 3.05) is 4.90 Å². The third kappa shape index (κ3) is 4.23. The summed E-state index contributed by atoms with van der Waals surface area (Å²) in [6.45, 7) is 4.66. The van der Waals surface area contributed by atoms with Crippen molar-refractivity contribution in [2.24, 2.45) is 0 Å². The van der Waals surface area contributed by atoms with Crippen molar-refractivity contribution in [1.82, 2.24) is 0 Å². The van der Waals surface area contributed by atoms with Gasteiger partial charge < -0.3 is 4.90 Å². The molecule has 0 aromatic heterocycles. The third-order valence-corrected chi connectivity index (χ3v) is 10.2. The van der Waals surface area contributed by atoms with Crippen LogP contribution in [0, 0.1) is 0 Å². The molecule has 228 valence electrons. The lowest BCUT2D eigenvalue weighted by molar-refractivity contribution is 0.104. The number of rotatable bonds is 5. The van der Waals surface area contributed by atoms with Crippen LogP contribution in [0.4, 0.5) is 17.1 Å². The van der Waals surface area contributed by atoms with Gasteiger partial charge >= 0.3 is 0 Å². The number of carbonyl (C=O) groups excluding carboxylic acids is 1. The Balaban J connectivity index is 1.20. The van der Waals surface area contributed by atoms with Crippen LogP contribution < -0.4 is 4.90 Å². The highest BCUT2D eigenvalue weighted by Crippen LogP contribution is 2.51. The molecular weight excluding hydrogens is 583 g/mol. The Morgan fingerprint density at radius 2 is 0.979 bits per heavy atom. The molecule has 0 bridgehead atoms. The fraction of sp³-hybridized carbons (Fsp3) is 0.0652. The maximum atomic E-state index is 13.6. The molecule has 2 nitrogen and oxygen atoms in total. The standard InChI is InChI=1S/C46H33NO/c1-46(2)41-21-10-8-17-37(41)38-28-27-33(29-42(38)46)47(43-22-11-9-15-34(43)30-13-4-3-5-14-30)32-25-23-31(24-26-32)35-19-12-20-39-36-16-6-7-18-40(36)45(48)44(35)39/h3-29H,1-2H3. The highest BCUT2D eigenvalue weighted by molar-refractivity contribution is 6.24. The van der Waals surface area contributed by atoms with E-state index in [-0.39, 0.29) is 11.2 Å². The van der Waals surface area contributed by atoms with E-state index in [1.165, 1.54) is 27.8 Å². The van der Waals surface area contributed by atoms with Crippen molar-refractivity contribution in [2.45, 2.75) is 19.3 Å². The molecule has 48 heavy (non-hydrogen) atoms. The first-order valence-corrected chi connectivity index (χ1v) is 16.6. The normalized spacial score (nSPS) is 13.4. The van der Waals surface area contributed by atoms with Gasteiger partial charge in [0.25, 0.3) is 0 Å². The SMILES string of the molecule is CC1(C)c2ccccc2-c2ccc(N(c3ccc(-c4cccc5c4C(=O)c4ccccc4-5)cc3)c3ccccc3-c3ccccc3)cc21. The van der Waals surface area contributed by atoms with E-state index in [9.17, 15) is 4.79 Å². The minimum absolute atomic E-state index is 0.0976. The molecule has 0 aliphatic heterocycles. The molecule has 0 N–H and O–H groups in total. The van der Waals surface area contributed by atoms with E-state index < -0.39 is 0 Å². The van der Waals surface area contributed by atoms with Gasteiger partial charge in [-0.3, -0.25) is 4.79 Å². The maximum Gasteiger partial charge on any atom is 0.194 e. The number of nitrogens with zero attached hydrogens (tertiary/aromatic N) is 1. The van der Waals surface area contributed by atoms with E-state index in [0.717, 1.165) is 56.0 Å². The van der Waals surface area contributed by atoms with Crippen LogP contribution in [0.5, 0.6) is 0 Å². The predicted molar refractivity (Wildman–Crippen MR) is 198 cm³/mol. The van der Waals surface area contributed by atoms with Gasteiger partial charge in [-0.05, 0) is 80.4 Å². The number of anilines is 3. The quantitative estimate of drug-likeness (QED) is 0.192. The second-order valence-electron chi connectivity index (χ2n) is 13.3. The largest absolute Gasteiger partial charge is 0.310 e. The van der Waals surface area contributed by atoms with Gasteiger partial charge in [0.15, 0.2) is 5.78 Å². The predicted octanol–water partition coefficient (Wildman–Crippen LogP) is 12.0. The van der Waals surface area contributed by atoms with Crippen LogP contribution in [-0.2, 0) is 5.41 Å². The van der Waals surface area contributed by atoms with E-state index in [0.29, 0.717) is 0 Å².